The summed E-state index contributed by atoms with van der Waals surface area (Å²) >= 11 is 0. The molecule has 3 rings (SSSR count). The summed E-state index contributed by atoms with van der Waals surface area (Å²) in [6, 6.07) is 8.60. The molecule has 0 bridgehead atoms. The minimum atomic E-state index is -0.544. The number of aliphatic imine (C=N–C) groups is 1. The number of cyclic esters (lactones) is 1. The lowest BCUT2D eigenvalue weighted by molar-refractivity contribution is -0.130. The Morgan fingerprint density at radius 2 is 2.16 bits per heavy atom. The fourth-order valence-electron chi connectivity index (χ4n) is 2.19. The lowest BCUT2D eigenvalue weighted by atomic mass is 10.1. The summed E-state index contributed by atoms with van der Waals surface area (Å²) in [5, 5.41) is 0. The summed E-state index contributed by atoms with van der Waals surface area (Å²) in [5.41, 5.74) is 0.888. The number of furan rings is 1. The first kappa shape index (κ1) is 16.4. The van der Waals surface area contributed by atoms with Crippen molar-refractivity contribution >= 4 is 17.9 Å². The van der Waals surface area contributed by atoms with Crippen molar-refractivity contribution in [3.8, 4) is 23.8 Å². The van der Waals surface area contributed by atoms with E-state index in [1.54, 1.807) is 36.4 Å². The zero-order chi connectivity index (χ0) is 17.6. The van der Waals surface area contributed by atoms with E-state index in [2.05, 4.69) is 10.9 Å². The maximum absolute atomic E-state index is 12.0. The predicted molar refractivity (Wildman–Crippen MR) is 91.3 cm³/mol. The molecule has 1 aromatic heterocycles. The summed E-state index contributed by atoms with van der Waals surface area (Å²) in [5.74, 6) is 3.47. The second kappa shape index (κ2) is 7.41. The van der Waals surface area contributed by atoms with Gasteiger partial charge in [0.1, 0.15) is 6.61 Å². The van der Waals surface area contributed by atoms with E-state index in [0.29, 0.717) is 29.4 Å². The van der Waals surface area contributed by atoms with E-state index in [-0.39, 0.29) is 18.2 Å². The first-order valence-corrected chi connectivity index (χ1v) is 7.61. The molecular formula is C19H15NO5. The molecule has 1 aromatic carbocycles. The van der Waals surface area contributed by atoms with Crippen molar-refractivity contribution in [3.63, 3.8) is 0 Å². The van der Waals surface area contributed by atoms with E-state index >= 15 is 0 Å². The van der Waals surface area contributed by atoms with E-state index in [4.69, 9.17) is 25.1 Å². The molecule has 0 aliphatic carbocycles. The predicted octanol–water partition coefficient (Wildman–Crippen LogP) is 3.03. The number of benzene rings is 1. The number of ether oxygens (including phenoxy) is 3. The molecule has 0 N–H and O–H groups in total. The van der Waals surface area contributed by atoms with Crippen molar-refractivity contribution in [2.24, 2.45) is 4.99 Å². The Balaban J connectivity index is 1.88. The smallest absolute Gasteiger partial charge is 0.363 e. The summed E-state index contributed by atoms with van der Waals surface area (Å²) in [6.07, 6.45) is 8.29. The van der Waals surface area contributed by atoms with Gasteiger partial charge >= 0.3 is 5.97 Å². The van der Waals surface area contributed by atoms with Gasteiger partial charge in [-0.2, -0.15) is 0 Å². The number of hydrogen-bond acceptors (Lipinski definition) is 6. The monoisotopic (exact) mass is 337 g/mol. The molecule has 0 radical (unpaired) electrons. The number of carbonyl (C=O) groups excluding carboxylic acids is 1. The lowest BCUT2D eigenvalue weighted by Gasteiger charge is -2.10. The third-order valence-electron chi connectivity index (χ3n) is 3.23. The van der Waals surface area contributed by atoms with Gasteiger partial charge in [-0.1, -0.05) is 12.0 Å². The summed E-state index contributed by atoms with van der Waals surface area (Å²) in [7, 11) is 0. The van der Waals surface area contributed by atoms with Crippen molar-refractivity contribution in [3.05, 3.63) is 53.6 Å². The van der Waals surface area contributed by atoms with Crippen LogP contribution in [0.3, 0.4) is 0 Å². The molecule has 0 fully saturated rings. The van der Waals surface area contributed by atoms with Gasteiger partial charge in [-0.05, 0) is 42.8 Å². The molecule has 0 saturated carbocycles. The highest BCUT2D eigenvalue weighted by Gasteiger charge is 2.25. The van der Waals surface area contributed by atoms with Crippen LogP contribution < -0.4 is 9.47 Å². The summed E-state index contributed by atoms with van der Waals surface area (Å²) in [6.45, 7) is 2.48. The van der Waals surface area contributed by atoms with Gasteiger partial charge in [-0.25, -0.2) is 9.79 Å². The Bertz CT molecular complexity index is 872. The summed E-state index contributed by atoms with van der Waals surface area (Å²) < 4.78 is 21.3. The van der Waals surface area contributed by atoms with Gasteiger partial charge in [-0.15, -0.1) is 6.42 Å². The quantitative estimate of drug-likeness (QED) is 0.460. The Hall–Kier alpha value is -3.46. The third-order valence-corrected chi connectivity index (χ3v) is 3.23. The van der Waals surface area contributed by atoms with Crippen LogP contribution in [0.25, 0.3) is 6.08 Å². The minimum absolute atomic E-state index is 0.139. The molecule has 0 atom stereocenters. The van der Waals surface area contributed by atoms with Crippen molar-refractivity contribution in [1.29, 1.82) is 0 Å². The van der Waals surface area contributed by atoms with E-state index in [1.165, 1.54) is 6.26 Å². The van der Waals surface area contributed by atoms with Gasteiger partial charge in [0.2, 0.25) is 0 Å². The van der Waals surface area contributed by atoms with E-state index in [9.17, 15) is 4.79 Å². The molecule has 0 spiro atoms. The Labute approximate surface area is 144 Å². The molecule has 25 heavy (non-hydrogen) atoms. The topological polar surface area (TPSA) is 70.3 Å². The Morgan fingerprint density at radius 3 is 2.88 bits per heavy atom. The van der Waals surface area contributed by atoms with Crippen molar-refractivity contribution in [2.45, 2.75) is 6.92 Å². The van der Waals surface area contributed by atoms with E-state index < -0.39 is 5.97 Å². The second-order valence-corrected chi connectivity index (χ2v) is 4.95. The average molecular weight is 337 g/mol. The molecule has 1 aliphatic heterocycles. The van der Waals surface area contributed by atoms with Gasteiger partial charge in [-0.3, -0.25) is 0 Å². The molecule has 6 nitrogen and oxygen atoms in total. The van der Waals surface area contributed by atoms with Crippen LogP contribution in [0.2, 0.25) is 0 Å². The highest BCUT2D eigenvalue weighted by Crippen LogP contribution is 2.30. The van der Waals surface area contributed by atoms with Gasteiger partial charge in [0.05, 0.1) is 12.9 Å². The summed E-state index contributed by atoms with van der Waals surface area (Å²) in [4.78, 5) is 16.1. The van der Waals surface area contributed by atoms with Gasteiger partial charge in [0, 0.05) is 0 Å². The van der Waals surface area contributed by atoms with Gasteiger partial charge < -0.3 is 18.6 Å². The van der Waals surface area contributed by atoms with Crippen LogP contribution in [-0.2, 0) is 9.53 Å². The molecule has 0 saturated heterocycles. The highest BCUT2D eigenvalue weighted by atomic mass is 16.6. The van der Waals surface area contributed by atoms with Crippen molar-refractivity contribution in [1.82, 2.24) is 0 Å². The molecular weight excluding hydrogens is 322 g/mol. The zero-order valence-corrected chi connectivity index (χ0v) is 13.5. The minimum Gasteiger partial charge on any atom is -0.490 e. The number of esters is 1. The Kier molecular flexibility index (Phi) is 4.86. The molecule has 0 unspecified atom stereocenters. The van der Waals surface area contributed by atoms with Crippen LogP contribution in [0.1, 0.15) is 18.2 Å². The number of terminal acetylenes is 1. The van der Waals surface area contributed by atoms with Crippen LogP contribution in [0.4, 0.5) is 0 Å². The van der Waals surface area contributed by atoms with Crippen molar-refractivity contribution < 1.29 is 23.4 Å². The van der Waals surface area contributed by atoms with Crippen molar-refractivity contribution in [2.75, 3.05) is 13.2 Å². The molecule has 1 aliphatic rings. The molecule has 2 aromatic rings. The van der Waals surface area contributed by atoms with Crippen LogP contribution in [0, 0.1) is 12.3 Å². The average Bonchev–Trinajstić information content (AvgIpc) is 3.25. The lowest BCUT2D eigenvalue weighted by Crippen LogP contribution is -2.04. The number of nitrogens with zero attached hydrogens (tertiary/aromatic N) is 1. The maximum Gasteiger partial charge on any atom is 0.363 e. The van der Waals surface area contributed by atoms with Gasteiger partial charge in [0.25, 0.3) is 5.90 Å². The fraction of sp³-hybridized carbons (Fsp3) is 0.158. The molecule has 0 amide bonds. The molecule has 126 valence electrons. The standard InChI is InChI=1S/C19H15NO5/c1-3-9-23-15-8-7-13(12-17(15)22-4-2)11-14-19(21)25-18(20-14)16-6-5-10-24-16/h1,5-8,10-12H,4,9H2,2H3/b14-11+. The molecule has 2 heterocycles. The first-order valence-electron chi connectivity index (χ1n) is 7.61. The van der Waals surface area contributed by atoms with Crippen LogP contribution >= 0.6 is 0 Å². The van der Waals surface area contributed by atoms with Gasteiger partial charge in [0.15, 0.2) is 23.0 Å². The van der Waals surface area contributed by atoms with Crippen LogP contribution in [-0.4, -0.2) is 25.1 Å². The van der Waals surface area contributed by atoms with E-state index in [0.717, 1.165) is 0 Å². The number of carbonyl (C=O) groups is 1. The molecule has 6 heteroatoms. The van der Waals surface area contributed by atoms with E-state index in [1.807, 2.05) is 6.92 Å². The number of hydrogen-bond donors (Lipinski definition) is 0. The normalized spacial score (nSPS) is 14.8. The number of rotatable bonds is 6. The fourth-order valence-corrected chi connectivity index (χ4v) is 2.19. The zero-order valence-electron chi connectivity index (χ0n) is 13.5. The van der Waals surface area contributed by atoms with Crippen LogP contribution in [0.5, 0.6) is 11.5 Å². The second-order valence-electron chi connectivity index (χ2n) is 4.95. The van der Waals surface area contributed by atoms with Crippen LogP contribution in [0.15, 0.2) is 51.7 Å². The maximum atomic E-state index is 12.0. The largest absolute Gasteiger partial charge is 0.490 e. The Morgan fingerprint density at radius 1 is 1.28 bits per heavy atom. The highest BCUT2D eigenvalue weighted by molar-refractivity contribution is 6.11. The third kappa shape index (κ3) is 3.72. The SMILES string of the molecule is C#CCOc1ccc(/C=C2/N=C(c3ccco3)OC2=O)cc1OCC. The first-order chi connectivity index (χ1) is 12.2.